The fraction of sp³-hybridized carbons (Fsp3) is 0.588. The van der Waals surface area contributed by atoms with Gasteiger partial charge in [-0.1, -0.05) is 0 Å². The van der Waals surface area contributed by atoms with E-state index in [0.29, 0.717) is 30.5 Å². The van der Waals surface area contributed by atoms with Crippen molar-refractivity contribution in [2.75, 3.05) is 52.9 Å². The van der Waals surface area contributed by atoms with Gasteiger partial charge in [-0.15, -0.1) is 0 Å². The van der Waals surface area contributed by atoms with Gasteiger partial charge in [-0.05, 0) is 30.2 Å². The van der Waals surface area contributed by atoms with Crippen LogP contribution in [0.4, 0.5) is 8.78 Å². The largest absolute Gasteiger partial charge is 0.356 e. The Morgan fingerprint density at radius 3 is 2.67 bits per heavy atom. The van der Waals surface area contributed by atoms with Crippen LogP contribution in [0.1, 0.15) is 5.56 Å². The smallest absolute Gasteiger partial charge is 0.191 e. The maximum atomic E-state index is 13.6. The van der Waals surface area contributed by atoms with Crippen molar-refractivity contribution in [1.29, 1.82) is 0 Å². The Morgan fingerprint density at radius 1 is 1.21 bits per heavy atom. The molecule has 7 heteroatoms. The van der Waals surface area contributed by atoms with E-state index in [1.807, 2.05) is 0 Å². The molecule has 0 aromatic heterocycles. The first-order valence-corrected chi connectivity index (χ1v) is 8.50. The lowest BCUT2D eigenvalue weighted by Crippen LogP contribution is -2.63. The molecule has 3 fully saturated rings. The van der Waals surface area contributed by atoms with Gasteiger partial charge < -0.3 is 10.6 Å². The third kappa shape index (κ3) is 4.21. The molecule has 1 atom stereocenters. The lowest BCUT2D eigenvalue weighted by molar-refractivity contribution is 0.0154. The molecule has 0 amide bonds. The number of nitrogens with zero attached hydrogens (tertiary/aromatic N) is 3. The fourth-order valence-electron chi connectivity index (χ4n) is 3.40. The van der Waals surface area contributed by atoms with E-state index in [2.05, 4.69) is 25.4 Å². The zero-order chi connectivity index (χ0) is 16.9. The average Bonchev–Trinajstić information content (AvgIpc) is 2.62. The first kappa shape index (κ1) is 17.1. The van der Waals surface area contributed by atoms with Crippen molar-refractivity contribution in [2.24, 2.45) is 4.99 Å². The monoisotopic (exact) mass is 337 g/mol. The quantitative estimate of drug-likeness (QED) is 0.612. The van der Waals surface area contributed by atoms with Gasteiger partial charge >= 0.3 is 0 Å². The number of rotatable bonds is 5. The van der Waals surface area contributed by atoms with Crippen LogP contribution in [-0.2, 0) is 6.42 Å². The summed E-state index contributed by atoms with van der Waals surface area (Å²) in [7, 11) is 1.72. The van der Waals surface area contributed by atoms with E-state index < -0.39 is 5.82 Å². The molecule has 0 radical (unpaired) electrons. The minimum atomic E-state index is -0.412. The molecule has 2 bridgehead atoms. The second-order valence-electron chi connectivity index (χ2n) is 6.36. The Bertz CT molecular complexity index is 584. The number of piperazine rings is 3. The van der Waals surface area contributed by atoms with E-state index in [1.54, 1.807) is 7.05 Å². The lowest BCUT2D eigenvalue weighted by Gasteiger charge is -2.47. The molecular formula is C17H25F2N5. The van der Waals surface area contributed by atoms with E-state index in [0.717, 1.165) is 32.2 Å². The van der Waals surface area contributed by atoms with Gasteiger partial charge in [0.25, 0.3) is 0 Å². The van der Waals surface area contributed by atoms with Crippen LogP contribution in [0.15, 0.2) is 23.2 Å². The van der Waals surface area contributed by atoms with E-state index in [9.17, 15) is 8.78 Å². The molecule has 3 saturated heterocycles. The van der Waals surface area contributed by atoms with Gasteiger partial charge in [-0.25, -0.2) is 8.78 Å². The van der Waals surface area contributed by atoms with Crippen molar-refractivity contribution in [3.63, 3.8) is 0 Å². The summed E-state index contributed by atoms with van der Waals surface area (Å²) in [6.07, 6.45) is 0.410. The normalized spacial score (nSPS) is 26.5. The summed E-state index contributed by atoms with van der Waals surface area (Å²) in [6, 6.07) is 4.05. The van der Waals surface area contributed by atoms with E-state index in [-0.39, 0.29) is 5.82 Å². The number of hydrogen-bond donors (Lipinski definition) is 2. The van der Waals surface area contributed by atoms with Crippen LogP contribution < -0.4 is 10.6 Å². The Kier molecular flexibility index (Phi) is 5.63. The van der Waals surface area contributed by atoms with Crippen molar-refractivity contribution in [2.45, 2.75) is 12.5 Å². The predicted molar refractivity (Wildman–Crippen MR) is 91.2 cm³/mol. The molecule has 1 unspecified atom stereocenters. The van der Waals surface area contributed by atoms with Crippen LogP contribution in [0.2, 0.25) is 0 Å². The van der Waals surface area contributed by atoms with Crippen LogP contribution in [0, 0.1) is 11.6 Å². The van der Waals surface area contributed by atoms with E-state index in [4.69, 9.17) is 0 Å². The van der Waals surface area contributed by atoms with Crippen LogP contribution in [0.5, 0.6) is 0 Å². The molecule has 24 heavy (non-hydrogen) atoms. The average molecular weight is 337 g/mol. The van der Waals surface area contributed by atoms with E-state index in [1.165, 1.54) is 25.2 Å². The molecule has 0 spiro atoms. The van der Waals surface area contributed by atoms with Crippen LogP contribution >= 0.6 is 0 Å². The molecule has 5 nitrogen and oxygen atoms in total. The first-order valence-electron chi connectivity index (χ1n) is 8.50. The Balaban J connectivity index is 1.43. The lowest BCUT2D eigenvalue weighted by atomic mass is 10.1. The molecule has 3 aliphatic heterocycles. The SMILES string of the molecule is CN=C(NCCc1cc(F)ccc1F)NCC1CN2CCN1CC2. The summed E-state index contributed by atoms with van der Waals surface area (Å²) in [5, 5.41) is 6.50. The predicted octanol–water partition coefficient (Wildman–Crippen LogP) is 0.672. The fourth-order valence-corrected chi connectivity index (χ4v) is 3.40. The van der Waals surface area contributed by atoms with Gasteiger partial charge in [-0.2, -0.15) is 0 Å². The summed E-state index contributed by atoms with van der Waals surface area (Å²) in [4.78, 5) is 9.21. The number of fused-ring (bicyclic) bond motifs is 3. The van der Waals surface area contributed by atoms with Crippen LogP contribution in [0.25, 0.3) is 0 Å². The molecule has 1 aromatic carbocycles. The molecule has 132 valence electrons. The topological polar surface area (TPSA) is 42.9 Å². The van der Waals surface area contributed by atoms with Crippen molar-refractivity contribution in [3.8, 4) is 0 Å². The van der Waals surface area contributed by atoms with Crippen LogP contribution in [0.3, 0.4) is 0 Å². The number of guanidine groups is 1. The minimum absolute atomic E-state index is 0.374. The highest BCUT2D eigenvalue weighted by Gasteiger charge is 2.31. The van der Waals surface area contributed by atoms with Crippen molar-refractivity contribution in [3.05, 3.63) is 35.4 Å². The van der Waals surface area contributed by atoms with Gasteiger partial charge in [0.1, 0.15) is 11.6 Å². The second kappa shape index (κ2) is 7.90. The Hall–Kier alpha value is -1.73. The molecule has 0 saturated carbocycles. The molecule has 1 aromatic rings. The third-order valence-corrected chi connectivity index (χ3v) is 4.82. The zero-order valence-electron chi connectivity index (χ0n) is 14.1. The number of halogens is 2. The third-order valence-electron chi connectivity index (χ3n) is 4.82. The van der Waals surface area contributed by atoms with Gasteiger partial charge in [0.15, 0.2) is 5.96 Å². The number of hydrogen-bond acceptors (Lipinski definition) is 3. The summed E-state index contributed by atoms with van der Waals surface area (Å²) in [5.74, 6) is -0.0870. The highest BCUT2D eigenvalue weighted by atomic mass is 19.1. The maximum Gasteiger partial charge on any atom is 0.191 e. The van der Waals surface area contributed by atoms with Crippen LogP contribution in [-0.4, -0.2) is 74.7 Å². The van der Waals surface area contributed by atoms with Gasteiger partial charge in [-0.3, -0.25) is 14.8 Å². The minimum Gasteiger partial charge on any atom is -0.356 e. The van der Waals surface area contributed by atoms with E-state index >= 15 is 0 Å². The Labute approximate surface area is 141 Å². The van der Waals surface area contributed by atoms with Gasteiger partial charge in [0, 0.05) is 58.9 Å². The molecule has 4 rings (SSSR count). The second-order valence-corrected chi connectivity index (χ2v) is 6.36. The summed E-state index contributed by atoms with van der Waals surface area (Å²) < 4.78 is 26.8. The number of nitrogens with one attached hydrogen (secondary N) is 2. The highest BCUT2D eigenvalue weighted by Crippen LogP contribution is 2.14. The first-order chi connectivity index (χ1) is 11.7. The molecular weight excluding hydrogens is 312 g/mol. The Morgan fingerprint density at radius 2 is 2.00 bits per heavy atom. The number of benzene rings is 1. The van der Waals surface area contributed by atoms with Gasteiger partial charge in [0.2, 0.25) is 0 Å². The molecule has 3 aliphatic rings. The summed E-state index contributed by atoms with van der Waals surface area (Å²) >= 11 is 0. The highest BCUT2D eigenvalue weighted by molar-refractivity contribution is 5.79. The maximum absolute atomic E-state index is 13.6. The van der Waals surface area contributed by atoms with Crippen molar-refractivity contribution < 1.29 is 8.78 Å². The number of aliphatic imine (C=N–C) groups is 1. The zero-order valence-corrected chi connectivity index (χ0v) is 14.1. The molecule has 2 N–H and O–H groups in total. The summed E-state index contributed by atoms with van der Waals surface area (Å²) in [6.45, 7) is 7.04. The van der Waals surface area contributed by atoms with Crippen molar-refractivity contribution in [1.82, 2.24) is 20.4 Å². The summed E-state index contributed by atoms with van der Waals surface area (Å²) in [5.41, 5.74) is 0.376. The standard InChI is InChI=1S/C17H25F2N5/c1-20-17(21-5-4-13-10-14(18)2-3-16(13)19)22-11-15-12-23-6-8-24(15)9-7-23/h2-3,10,15H,4-9,11-12H2,1H3,(H2,20,21,22). The molecule has 3 heterocycles. The molecule has 0 aliphatic carbocycles. The van der Waals surface area contributed by atoms with Crippen molar-refractivity contribution >= 4 is 5.96 Å². The van der Waals surface area contributed by atoms with Gasteiger partial charge in [0.05, 0.1) is 0 Å².